The summed E-state index contributed by atoms with van der Waals surface area (Å²) in [5, 5.41) is 7.86. The Hall–Kier alpha value is -1.40. The molecule has 2 heterocycles. The fourth-order valence-corrected chi connectivity index (χ4v) is 2.68. The van der Waals surface area contributed by atoms with Crippen LogP contribution in [0.2, 0.25) is 0 Å². The predicted molar refractivity (Wildman–Crippen MR) is 83.2 cm³/mol. The van der Waals surface area contributed by atoms with E-state index in [1.165, 1.54) is 5.56 Å². The van der Waals surface area contributed by atoms with Crippen LogP contribution in [0.4, 0.5) is 0 Å². The van der Waals surface area contributed by atoms with Gasteiger partial charge in [-0.25, -0.2) is 0 Å². The molecule has 1 fully saturated rings. The van der Waals surface area contributed by atoms with Crippen LogP contribution < -0.4 is 5.32 Å². The first-order valence-electron chi connectivity index (χ1n) is 7.72. The Bertz CT molecular complexity index is 488. The standard InChI is InChI=1S/C15H27N5O/c1-5-16-10-14-12(2)17-20(13(14)3)11-15(21)19-8-6-18(4)7-9-19/h16H,5-11H2,1-4H3. The highest BCUT2D eigenvalue weighted by molar-refractivity contribution is 5.76. The Morgan fingerprint density at radius 2 is 1.90 bits per heavy atom. The molecule has 1 aromatic rings. The smallest absolute Gasteiger partial charge is 0.244 e. The van der Waals surface area contributed by atoms with Crippen molar-refractivity contribution in [3.05, 3.63) is 17.0 Å². The Morgan fingerprint density at radius 1 is 1.24 bits per heavy atom. The summed E-state index contributed by atoms with van der Waals surface area (Å²) in [6.45, 7) is 11.8. The summed E-state index contributed by atoms with van der Waals surface area (Å²) >= 11 is 0. The van der Waals surface area contributed by atoms with Gasteiger partial charge in [0.05, 0.1) is 5.69 Å². The number of hydrogen-bond acceptors (Lipinski definition) is 4. The molecule has 0 unspecified atom stereocenters. The number of hydrogen-bond donors (Lipinski definition) is 1. The zero-order valence-electron chi connectivity index (χ0n) is 13.6. The lowest BCUT2D eigenvalue weighted by atomic mass is 10.2. The van der Waals surface area contributed by atoms with Crippen molar-refractivity contribution >= 4 is 5.91 Å². The summed E-state index contributed by atoms with van der Waals surface area (Å²) in [5.74, 6) is 0.170. The Morgan fingerprint density at radius 3 is 2.52 bits per heavy atom. The molecular formula is C15H27N5O. The lowest BCUT2D eigenvalue weighted by Gasteiger charge is -2.32. The van der Waals surface area contributed by atoms with E-state index in [1.54, 1.807) is 0 Å². The highest BCUT2D eigenvalue weighted by Crippen LogP contribution is 2.13. The molecule has 0 saturated carbocycles. The minimum atomic E-state index is 0.170. The van der Waals surface area contributed by atoms with Gasteiger partial charge in [-0.15, -0.1) is 0 Å². The number of aromatic nitrogens is 2. The van der Waals surface area contributed by atoms with E-state index in [0.29, 0.717) is 6.54 Å². The summed E-state index contributed by atoms with van der Waals surface area (Å²) in [7, 11) is 2.09. The second-order valence-electron chi connectivity index (χ2n) is 5.77. The molecule has 2 rings (SSSR count). The number of piperazine rings is 1. The van der Waals surface area contributed by atoms with Gasteiger partial charge in [0.1, 0.15) is 6.54 Å². The van der Waals surface area contributed by atoms with Gasteiger partial charge in [0, 0.05) is 44.0 Å². The summed E-state index contributed by atoms with van der Waals surface area (Å²) in [4.78, 5) is 16.6. The average molecular weight is 293 g/mol. The van der Waals surface area contributed by atoms with E-state index < -0.39 is 0 Å². The van der Waals surface area contributed by atoms with Crippen molar-refractivity contribution in [1.82, 2.24) is 24.9 Å². The van der Waals surface area contributed by atoms with Crippen LogP contribution in [0.15, 0.2) is 0 Å². The molecule has 0 bridgehead atoms. The molecule has 0 aliphatic carbocycles. The van der Waals surface area contributed by atoms with Gasteiger partial charge < -0.3 is 15.1 Å². The third kappa shape index (κ3) is 3.83. The topological polar surface area (TPSA) is 53.4 Å². The molecule has 6 heteroatoms. The van der Waals surface area contributed by atoms with Crippen molar-refractivity contribution in [1.29, 1.82) is 0 Å². The monoisotopic (exact) mass is 293 g/mol. The fourth-order valence-electron chi connectivity index (χ4n) is 2.68. The quantitative estimate of drug-likeness (QED) is 0.853. The van der Waals surface area contributed by atoms with Crippen LogP contribution in [0, 0.1) is 13.8 Å². The van der Waals surface area contributed by atoms with Crippen molar-refractivity contribution in [2.75, 3.05) is 39.8 Å². The molecule has 1 aliphatic heterocycles. The lowest BCUT2D eigenvalue weighted by Crippen LogP contribution is -2.48. The maximum Gasteiger partial charge on any atom is 0.244 e. The van der Waals surface area contributed by atoms with E-state index in [4.69, 9.17) is 0 Å². The Balaban J connectivity index is 2.00. The molecule has 1 aliphatic rings. The molecule has 1 amide bonds. The van der Waals surface area contributed by atoms with Gasteiger partial charge in [-0.2, -0.15) is 5.10 Å². The van der Waals surface area contributed by atoms with Crippen LogP contribution in [0.25, 0.3) is 0 Å². The van der Waals surface area contributed by atoms with Crippen molar-refractivity contribution in [3.8, 4) is 0 Å². The number of nitrogens with one attached hydrogen (secondary N) is 1. The summed E-state index contributed by atoms with van der Waals surface area (Å²) in [5.41, 5.74) is 3.32. The van der Waals surface area contributed by atoms with Crippen molar-refractivity contribution < 1.29 is 4.79 Å². The summed E-state index contributed by atoms with van der Waals surface area (Å²) in [6.07, 6.45) is 0. The first-order chi connectivity index (χ1) is 10.0. The molecule has 0 aromatic carbocycles. The van der Waals surface area contributed by atoms with E-state index >= 15 is 0 Å². The minimum Gasteiger partial charge on any atom is -0.339 e. The molecule has 118 valence electrons. The van der Waals surface area contributed by atoms with Gasteiger partial charge in [-0.1, -0.05) is 6.92 Å². The van der Waals surface area contributed by atoms with E-state index in [-0.39, 0.29) is 5.91 Å². The largest absolute Gasteiger partial charge is 0.339 e. The molecule has 1 aromatic heterocycles. The maximum absolute atomic E-state index is 12.4. The average Bonchev–Trinajstić information content (AvgIpc) is 2.72. The molecular weight excluding hydrogens is 266 g/mol. The van der Waals surface area contributed by atoms with E-state index in [0.717, 1.165) is 50.7 Å². The highest BCUT2D eigenvalue weighted by atomic mass is 16.2. The minimum absolute atomic E-state index is 0.170. The maximum atomic E-state index is 12.4. The Kier molecular flexibility index (Phi) is 5.36. The zero-order valence-corrected chi connectivity index (χ0v) is 13.6. The Labute approximate surface area is 127 Å². The first-order valence-corrected chi connectivity index (χ1v) is 7.72. The van der Waals surface area contributed by atoms with E-state index in [9.17, 15) is 4.79 Å². The number of carbonyl (C=O) groups excluding carboxylic acids is 1. The molecule has 6 nitrogen and oxygen atoms in total. The first kappa shape index (κ1) is 16.0. The second-order valence-corrected chi connectivity index (χ2v) is 5.77. The van der Waals surface area contributed by atoms with Crippen LogP contribution in [-0.2, 0) is 17.9 Å². The van der Waals surface area contributed by atoms with Crippen molar-refractivity contribution in [2.45, 2.75) is 33.9 Å². The number of carbonyl (C=O) groups is 1. The van der Waals surface area contributed by atoms with Gasteiger partial charge in [-0.3, -0.25) is 9.48 Å². The lowest BCUT2D eigenvalue weighted by molar-refractivity contribution is -0.133. The van der Waals surface area contributed by atoms with Crippen molar-refractivity contribution in [2.24, 2.45) is 0 Å². The number of nitrogens with zero attached hydrogens (tertiary/aromatic N) is 4. The van der Waals surface area contributed by atoms with Crippen molar-refractivity contribution in [3.63, 3.8) is 0 Å². The third-order valence-corrected chi connectivity index (χ3v) is 4.22. The molecule has 1 N–H and O–H groups in total. The van der Waals surface area contributed by atoms with Crippen LogP contribution in [0.3, 0.4) is 0 Å². The highest BCUT2D eigenvalue weighted by Gasteiger charge is 2.21. The SMILES string of the molecule is CCNCc1c(C)nn(CC(=O)N2CCN(C)CC2)c1C. The van der Waals surface area contributed by atoms with Crippen LogP contribution >= 0.6 is 0 Å². The van der Waals surface area contributed by atoms with E-state index in [2.05, 4.69) is 29.3 Å². The van der Waals surface area contributed by atoms with Gasteiger partial charge in [0.15, 0.2) is 0 Å². The molecule has 0 spiro atoms. The van der Waals surface area contributed by atoms with Crippen LogP contribution in [0.1, 0.15) is 23.9 Å². The predicted octanol–water partition coefficient (Wildman–Crippen LogP) is 0.383. The van der Waals surface area contributed by atoms with Gasteiger partial charge in [0.25, 0.3) is 0 Å². The molecule has 0 radical (unpaired) electrons. The van der Waals surface area contributed by atoms with Crippen LogP contribution in [0.5, 0.6) is 0 Å². The van der Waals surface area contributed by atoms with Crippen LogP contribution in [-0.4, -0.2) is 65.3 Å². The van der Waals surface area contributed by atoms with Gasteiger partial charge >= 0.3 is 0 Å². The number of rotatable bonds is 5. The zero-order chi connectivity index (χ0) is 15.4. The summed E-state index contributed by atoms with van der Waals surface area (Å²) in [6, 6.07) is 0. The fraction of sp³-hybridized carbons (Fsp3) is 0.733. The number of aryl methyl sites for hydroxylation is 1. The molecule has 1 saturated heterocycles. The number of likely N-dealkylation sites (N-methyl/N-ethyl adjacent to an activating group) is 1. The van der Waals surface area contributed by atoms with Gasteiger partial charge in [0.2, 0.25) is 5.91 Å². The van der Waals surface area contributed by atoms with Gasteiger partial charge in [-0.05, 0) is 27.4 Å². The second kappa shape index (κ2) is 7.04. The molecule has 0 atom stereocenters. The molecule has 21 heavy (non-hydrogen) atoms. The normalized spacial score (nSPS) is 16.5. The van der Waals surface area contributed by atoms with E-state index in [1.807, 2.05) is 23.4 Å². The summed E-state index contributed by atoms with van der Waals surface area (Å²) < 4.78 is 1.85. The third-order valence-electron chi connectivity index (χ3n) is 4.22. The number of amides is 1.